The van der Waals surface area contributed by atoms with Crippen molar-refractivity contribution in [2.24, 2.45) is 0 Å². The van der Waals surface area contributed by atoms with Gasteiger partial charge in [0, 0.05) is 56.6 Å². The topological polar surface area (TPSA) is 78.7 Å². The first-order chi connectivity index (χ1) is 14.0. The number of hydrogen-bond acceptors (Lipinski definition) is 5. The number of hydrogen-bond donors (Lipinski definition) is 1. The van der Waals surface area contributed by atoms with Gasteiger partial charge < -0.3 is 10.2 Å². The van der Waals surface area contributed by atoms with Crippen LogP contribution in [0.4, 0.5) is 11.4 Å². The van der Waals surface area contributed by atoms with Crippen LogP contribution in [0.25, 0.3) is 6.08 Å². The van der Waals surface area contributed by atoms with Crippen molar-refractivity contribution in [3.8, 4) is 0 Å². The molecule has 2 aromatic rings. The van der Waals surface area contributed by atoms with Crippen molar-refractivity contribution in [1.29, 1.82) is 0 Å². The lowest BCUT2D eigenvalue weighted by atomic mass is 10.1. The Labute approximate surface area is 170 Å². The van der Waals surface area contributed by atoms with E-state index in [1.165, 1.54) is 23.8 Å². The van der Waals surface area contributed by atoms with Gasteiger partial charge in [0.25, 0.3) is 5.69 Å². The molecule has 0 saturated carbocycles. The van der Waals surface area contributed by atoms with E-state index in [0.717, 1.165) is 45.0 Å². The van der Waals surface area contributed by atoms with Crippen molar-refractivity contribution in [2.75, 3.05) is 38.0 Å². The van der Waals surface area contributed by atoms with Gasteiger partial charge in [0.05, 0.1) is 4.92 Å². The van der Waals surface area contributed by atoms with Gasteiger partial charge in [-0.25, -0.2) is 0 Å². The maximum absolute atomic E-state index is 12.1. The number of carbonyl (C=O) groups is 1. The molecule has 3 rings (SSSR count). The SMILES string of the molecule is CCN1CCN(Cc2ccc(NC(=O)/C=C/c3cccc([N+](=O)[O-])c3)cc2)CC1. The van der Waals surface area contributed by atoms with Gasteiger partial charge in [0.2, 0.25) is 5.91 Å². The summed E-state index contributed by atoms with van der Waals surface area (Å²) in [5, 5.41) is 13.6. The Bertz CT molecular complexity index is 872. The van der Waals surface area contributed by atoms with Crippen LogP contribution < -0.4 is 5.32 Å². The van der Waals surface area contributed by atoms with Gasteiger partial charge in [-0.3, -0.25) is 19.8 Å². The summed E-state index contributed by atoms with van der Waals surface area (Å²) in [6.45, 7) is 8.60. The smallest absolute Gasteiger partial charge is 0.270 e. The average molecular weight is 394 g/mol. The lowest BCUT2D eigenvalue weighted by molar-refractivity contribution is -0.384. The Kier molecular flexibility index (Phi) is 7.10. The van der Waals surface area contributed by atoms with Gasteiger partial charge >= 0.3 is 0 Å². The first-order valence-corrected chi connectivity index (χ1v) is 9.80. The molecule has 0 radical (unpaired) electrons. The normalized spacial score (nSPS) is 15.5. The van der Waals surface area contributed by atoms with E-state index >= 15 is 0 Å². The largest absolute Gasteiger partial charge is 0.323 e. The molecule has 0 atom stereocenters. The standard InChI is InChI=1S/C22H26N4O3/c1-2-24-12-14-25(15-13-24)17-19-6-9-20(10-7-19)23-22(27)11-8-18-4-3-5-21(16-18)26(28)29/h3-11,16H,2,12-15,17H2,1H3,(H,23,27)/b11-8+. The molecule has 1 heterocycles. The first kappa shape index (κ1) is 20.7. The minimum atomic E-state index is -0.456. The second kappa shape index (κ2) is 9.95. The number of rotatable bonds is 7. The average Bonchev–Trinajstić information content (AvgIpc) is 2.74. The van der Waals surface area contributed by atoms with Crippen molar-refractivity contribution in [3.05, 3.63) is 75.8 Å². The molecular formula is C22H26N4O3. The fraction of sp³-hybridized carbons (Fsp3) is 0.318. The Hall–Kier alpha value is -3.03. The first-order valence-electron chi connectivity index (χ1n) is 9.80. The van der Waals surface area contributed by atoms with Crippen LogP contribution >= 0.6 is 0 Å². The molecule has 0 spiro atoms. The van der Waals surface area contributed by atoms with Gasteiger partial charge in [-0.05, 0) is 35.9 Å². The highest BCUT2D eigenvalue weighted by Crippen LogP contribution is 2.15. The summed E-state index contributed by atoms with van der Waals surface area (Å²) in [5.41, 5.74) is 2.55. The number of carbonyl (C=O) groups excluding carboxylic acids is 1. The van der Waals surface area contributed by atoms with Crippen LogP contribution in [-0.2, 0) is 11.3 Å². The fourth-order valence-electron chi connectivity index (χ4n) is 3.31. The minimum absolute atomic E-state index is 0.000690. The zero-order chi connectivity index (χ0) is 20.6. The highest BCUT2D eigenvalue weighted by Gasteiger charge is 2.15. The number of anilines is 1. The number of non-ortho nitro benzene ring substituents is 1. The third-order valence-electron chi connectivity index (χ3n) is 5.05. The van der Waals surface area contributed by atoms with E-state index < -0.39 is 4.92 Å². The van der Waals surface area contributed by atoms with E-state index in [4.69, 9.17) is 0 Å². The zero-order valence-corrected chi connectivity index (χ0v) is 16.6. The molecule has 7 heteroatoms. The molecule has 1 N–H and O–H groups in total. The number of nitro benzene ring substituents is 1. The van der Waals surface area contributed by atoms with E-state index in [1.54, 1.807) is 18.2 Å². The minimum Gasteiger partial charge on any atom is -0.323 e. The number of amides is 1. The quantitative estimate of drug-likeness (QED) is 0.442. The number of piperazine rings is 1. The molecule has 1 aliphatic rings. The van der Waals surface area contributed by atoms with Crippen molar-refractivity contribution in [1.82, 2.24) is 9.80 Å². The van der Waals surface area contributed by atoms with Crippen molar-refractivity contribution in [3.63, 3.8) is 0 Å². The van der Waals surface area contributed by atoms with Crippen LogP contribution in [0, 0.1) is 10.1 Å². The molecule has 152 valence electrons. The maximum Gasteiger partial charge on any atom is 0.270 e. The number of nitrogens with one attached hydrogen (secondary N) is 1. The van der Waals surface area contributed by atoms with Crippen LogP contribution in [0.3, 0.4) is 0 Å². The summed E-state index contributed by atoms with van der Waals surface area (Å²) in [6.07, 6.45) is 2.94. The second-order valence-corrected chi connectivity index (χ2v) is 7.08. The predicted molar refractivity (Wildman–Crippen MR) is 115 cm³/mol. The third kappa shape index (κ3) is 6.23. The molecule has 7 nitrogen and oxygen atoms in total. The lowest BCUT2D eigenvalue weighted by Gasteiger charge is -2.34. The number of nitro groups is 1. The Morgan fingerprint density at radius 3 is 2.45 bits per heavy atom. The second-order valence-electron chi connectivity index (χ2n) is 7.08. The van der Waals surface area contributed by atoms with Crippen molar-refractivity contribution < 1.29 is 9.72 Å². The highest BCUT2D eigenvalue weighted by atomic mass is 16.6. The number of benzene rings is 2. The van der Waals surface area contributed by atoms with Gasteiger partial charge in [-0.1, -0.05) is 31.2 Å². The summed E-state index contributed by atoms with van der Waals surface area (Å²) in [6, 6.07) is 14.0. The summed E-state index contributed by atoms with van der Waals surface area (Å²) in [4.78, 5) is 27.4. The molecule has 1 amide bonds. The molecule has 0 aliphatic carbocycles. The highest BCUT2D eigenvalue weighted by molar-refractivity contribution is 6.01. The molecular weight excluding hydrogens is 368 g/mol. The van der Waals surface area contributed by atoms with Crippen LogP contribution in [-0.4, -0.2) is 53.4 Å². The van der Waals surface area contributed by atoms with Gasteiger partial charge in [0.1, 0.15) is 0 Å². The Morgan fingerprint density at radius 2 is 1.79 bits per heavy atom. The Balaban J connectivity index is 1.51. The predicted octanol–water partition coefficient (Wildman–Crippen LogP) is 3.38. The van der Waals surface area contributed by atoms with E-state index in [2.05, 4.69) is 22.0 Å². The molecule has 0 unspecified atom stereocenters. The molecule has 0 aromatic heterocycles. The van der Waals surface area contributed by atoms with E-state index in [0.29, 0.717) is 5.56 Å². The van der Waals surface area contributed by atoms with E-state index in [-0.39, 0.29) is 11.6 Å². The van der Waals surface area contributed by atoms with Gasteiger partial charge in [0.15, 0.2) is 0 Å². The summed E-state index contributed by atoms with van der Waals surface area (Å²) in [5.74, 6) is -0.278. The molecule has 1 aliphatic heterocycles. The van der Waals surface area contributed by atoms with Crippen LogP contribution in [0.2, 0.25) is 0 Å². The van der Waals surface area contributed by atoms with E-state index in [1.807, 2.05) is 24.3 Å². The molecule has 1 fully saturated rings. The lowest BCUT2D eigenvalue weighted by Crippen LogP contribution is -2.45. The Morgan fingerprint density at radius 1 is 1.10 bits per heavy atom. The van der Waals surface area contributed by atoms with Gasteiger partial charge in [-0.2, -0.15) is 0 Å². The zero-order valence-electron chi connectivity index (χ0n) is 16.6. The van der Waals surface area contributed by atoms with Gasteiger partial charge in [-0.15, -0.1) is 0 Å². The molecule has 0 bridgehead atoms. The van der Waals surface area contributed by atoms with E-state index in [9.17, 15) is 14.9 Å². The summed E-state index contributed by atoms with van der Waals surface area (Å²) in [7, 11) is 0. The summed E-state index contributed by atoms with van der Waals surface area (Å²) < 4.78 is 0. The maximum atomic E-state index is 12.1. The van der Waals surface area contributed by atoms with Crippen LogP contribution in [0.15, 0.2) is 54.6 Å². The number of likely N-dealkylation sites (N-methyl/N-ethyl adjacent to an activating group) is 1. The molecule has 2 aromatic carbocycles. The van der Waals surface area contributed by atoms with Crippen molar-refractivity contribution >= 4 is 23.4 Å². The van der Waals surface area contributed by atoms with Crippen LogP contribution in [0.5, 0.6) is 0 Å². The number of nitrogens with zero attached hydrogens (tertiary/aromatic N) is 3. The monoisotopic (exact) mass is 394 g/mol. The van der Waals surface area contributed by atoms with Crippen molar-refractivity contribution in [2.45, 2.75) is 13.5 Å². The van der Waals surface area contributed by atoms with Crippen LogP contribution in [0.1, 0.15) is 18.1 Å². The third-order valence-corrected chi connectivity index (χ3v) is 5.05. The molecule has 29 heavy (non-hydrogen) atoms. The summed E-state index contributed by atoms with van der Waals surface area (Å²) >= 11 is 0. The molecule has 1 saturated heterocycles. The fourth-order valence-corrected chi connectivity index (χ4v) is 3.31.